The van der Waals surface area contributed by atoms with Crippen LogP contribution in [0, 0.1) is 0 Å². The minimum Gasteiger partial charge on any atom is -0.378 e. The Balaban J connectivity index is 1.93. The summed E-state index contributed by atoms with van der Waals surface area (Å²) in [5.74, 6) is 0.0742. The fourth-order valence-electron chi connectivity index (χ4n) is 2.47. The minimum absolute atomic E-state index is 0.0742. The van der Waals surface area contributed by atoms with Crippen LogP contribution in [0.3, 0.4) is 0 Å². The monoisotopic (exact) mass is 284 g/mol. The summed E-state index contributed by atoms with van der Waals surface area (Å²) in [6.45, 7) is 3.61. The Bertz CT molecular complexity index is 425. The van der Waals surface area contributed by atoms with Crippen LogP contribution in [0.4, 0.5) is 0 Å². The summed E-state index contributed by atoms with van der Waals surface area (Å²) in [5.41, 5.74) is 0.555. The van der Waals surface area contributed by atoms with Crippen LogP contribution in [0.25, 0.3) is 0 Å². The van der Waals surface area contributed by atoms with Crippen molar-refractivity contribution in [2.45, 2.75) is 58.1 Å². The van der Waals surface area contributed by atoms with Crippen molar-refractivity contribution in [1.82, 2.24) is 9.78 Å². The van der Waals surface area contributed by atoms with Gasteiger partial charge in [-0.05, 0) is 32.1 Å². The fraction of sp³-hybridized carbons (Fsp3) is 0.714. The summed E-state index contributed by atoms with van der Waals surface area (Å²) in [7, 11) is 0. The molecule has 19 heavy (non-hydrogen) atoms. The number of aromatic nitrogens is 2. The maximum Gasteiger partial charge on any atom is 0.182 e. The van der Waals surface area contributed by atoms with Crippen molar-refractivity contribution in [3.05, 3.63) is 16.9 Å². The van der Waals surface area contributed by atoms with E-state index in [1.54, 1.807) is 10.9 Å². The van der Waals surface area contributed by atoms with Crippen LogP contribution in [-0.4, -0.2) is 28.3 Å². The standard InChI is InChI=1S/C14H21ClN2O2/c1-2-8-17-14(12(15)10-16-17)13(18)7-6-11-5-3-4-9-19-11/h10-11H,2-9H2,1H3. The van der Waals surface area contributed by atoms with E-state index in [1.807, 2.05) is 0 Å². The Morgan fingerprint density at radius 2 is 2.42 bits per heavy atom. The number of nitrogens with zero attached hydrogens (tertiary/aromatic N) is 2. The van der Waals surface area contributed by atoms with Crippen molar-refractivity contribution in [3.63, 3.8) is 0 Å². The molecule has 0 radical (unpaired) electrons. The molecule has 1 aliphatic rings. The van der Waals surface area contributed by atoms with Gasteiger partial charge in [-0.1, -0.05) is 18.5 Å². The average molecular weight is 285 g/mol. The number of carbonyl (C=O) groups excluding carboxylic acids is 1. The maximum atomic E-state index is 12.3. The lowest BCUT2D eigenvalue weighted by molar-refractivity contribution is 0.0104. The van der Waals surface area contributed by atoms with Crippen LogP contribution < -0.4 is 0 Å². The summed E-state index contributed by atoms with van der Waals surface area (Å²) in [5, 5.41) is 4.62. The van der Waals surface area contributed by atoms with Gasteiger partial charge in [-0.3, -0.25) is 9.48 Å². The Labute approximate surface area is 119 Å². The minimum atomic E-state index is 0.0742. The SMILES string of the molecule is CCCn1ncc(Cl)c1C(=O)CCC1CCCCO1. The largest absolute Gasteiger partial charge is 0.378 e. The molecule has 2 heterocycles. The molecule has 0 amide bonds. The highest BCUT2D eigenvalue weighted by atomic mass is 35.5. The Morgan fingerprint density at radius 1 is 1.58 bits per heavy atom. The highest BCUT2D eigenvalue weighted by molar-refractivity contribution is 6.33. The predicted octanol–water partition coefficient (Wildman–Crippen LogP) is 3.48. The fourth-order valence-corrected chi connectivity index (χ4v) is 2.71. The zero-order valence-corrected chi connectivity index (χ0v) is 12.2. The van der Waals surface area contributed by atoms with Gasteiger partial charge >= 0.3 is 0 Å². The van der Waals surface area contributed by atoms with Gasteiger partial charge in [-0.25, -0.2) is 0 Å². The lowest BCUT2D eigenvalue weighted by Gasteiger charge is -2.22. The van der Waals surface area contributed by atoms with Crippen molar-refractivity contribution >= 4 is 17.4 Å². The van der Waals surface area contributed by atoms with Gasteiger partial charge < -0.3 is 4.74 Å². The molecule has 4 nitrogen and oxygen atoms in total. The molecular formula is C14H21ClN2O2. The van der Waals surface area contributed by atoms with Gasteiger partial charge in [0.15, 0.2) is 5.78 Å². The van der Waals surface area contributed by atoms with E-state index >= 15 is 0 Å². The second-order valence-corrected chi connectivity index (χ2v) is 5.42. The molecule has 1 unspecified atom stereocenters. The first-order valence-electron chi connectivity index (χ1n) is 7.08. The molecule has 0 aliphatic carbocycles. The smallest absolute Gasteiger partial charge is 0.182 e. The highest BCUT2D eigenvalue weighted by Crippen LogP contribution is 2.21. The number of halogens is 1. The van der Waals surface area contributed by atoms with Crippen LogP contribution in [0.5, 0.6) is 0 Å². The molecule has 1 fully saturated rings. The summed E-state index contributed by atoms with van der Waals surface area (Å²) >= 11 is 6.06. The molecular weight excluding hydrogens is 264 g/mol. The van der Waals surface area contributed by atoms with Crippen LogP contribution >= 0.6 is 11.6 Å². The molecule has 106 valence electrons. The third-order valence-electron chi connectivity index (χ3n) is 3.46. The van der Waals surface area contributed by atoms with E-state index in [1.165, 1.54) is 6.42 Å². The zero-order valence-electron chi connectivity index (χ0n) is 11.4. The lowest BCUT2D eigenvalue weighted by Crippen LogP contribution is -2.20. The third kappa shape index (κ3) is 3.80. The molecule has 1 saturated heterocycles. The molecule has 1 atom stereocenters. The van der Waals surface area contributed by atoms with E-state index in [-0.39, 0.29) is 11.9 Å². The zero-order chi connectivity index (χ0) is 13.7. The molecule has 5 heteroatoms. The summed E-state index contributed by atoms with van der Waals surface area (Å²) in [6.07, 6.45) is 7.40. The van der Waals surface area contributed by atoms with E-state index in [9.17, 15) is 4.79 Å². The third-order valence-corrected chi connectivity index (χ3v) is 3.74. The van der Waals surface area contributed by atoms with Crippen LogP contribution in [-0.2, 0) is 11.3 Å². The van der Waals surface area contributed by atoms with Gasteiger partial charge in [-0.15, -0.1) is 0 Å². The molecule has 0 bridgehead atoms. The van der Waals surface area contributed by atoms with Crippen molar-refractivity contribution in [2.24, 2.45) is 0 Å². The van der Waals surface area contributed by atoms with E-state index in [0.29, 0.717) is 17.1 Å². The molecule has 2 rings (SSSR count). The quantitative estimate of drug-likeness (QED) is 0.751. The van der Waals surface area contributed by atoms with E-state index < -0.39 is 0 Å². The van der Waals surface area contributed by atoms with Crippen molar-refractivity contribution < 1.29 is 9.53 Å². The van der Waals surface area contributed by atoms with Gasteiger partial charge in [-0.2, -0.15) is 5.10 Å². The Hall–Kier alpha value is -0.870. The molecule has 1 aromatic heterocycles. The number of hydrogen-bond donors (Lipinski definition) is 0. The summed E-state index contributed by atoms with van der Waals surface area (Å²) in [4.78, 5) is 12.3. The number of carbonyl (C=O) groups is 1. The topological polar surface area (TPSA) is 44.1 Å². The van der Waals surface area contributed by atoms with Crippen LogP contribution in [0.2, 0.25) is 5.02 Å². The van der Waals surface area contributed by atoms with Crippen LogP contribution in [0.1, 0.15) is 55.9 Å². The molecule has 0 saturated carbocycles. The summed E-state index contributed by atoms with van der Waals surface area (Å²) < 4.78 is 7.36. The maximum absolute atomic E-state index is 12.3. The van der Waals surface area contributed by atoms with Crippen molar-refractivity contribution in [2.75, 3.05) is 6.61 Å². The number of Topliss-reactive ketones (excluding diaryl/α,β-unsaturated/α-hetero) is 1. The summed E-state index contributed by atoms with van der Waals surface area (Å²) in [6, 6.07) is 0. The molecule has 1 aromatic rings. The second-order valence-electron chi connectivity index (χ2n) is 5.01. The number of rotatable bonds is 6. The molecule has 0 aromatic carbocycles. The number of ether oxygens (including phenoxy) is 1. The van der Waals surface area contributed by atoms with Gasteiger partial charge in [0.1, 0.15) is 5.69 Å². The van der Waals surface area contributed by atoms with E-state index in [0.717, 1.165) is 38.8 Å². The van der Waals surface area contributed by atoms with Crippen molar-refractivity contribution in [1.29, 1.82) is 0 Å². The number of hydrogen-bond acceptors (Lipinski definition) is 3. The highest BCUT2D eigenvalue weighted by Gasteiger charge is 2.20. The Kier molecular flexibility index (Phi) is 5.40. The molecule has 0 spiro atoms. The second kappa shape index (κ2) is 7.06. The van der Waals surface area contributed by atoms with Gasteiger partial charge in [0, 0.05) is 19.6 Å². The molecule has 1 aliphatic heterocycles. The van der Waals surface area contributed by atoms with E-state index in [4.69, 9.17) is 16.3 Å². The number of aryl methyl sites for hydroxylation is 1. The average Bonchev–Trinajstić information content (AvgIpc) is 2.79. The van der Waals surface area contributed by atoms with Gasteiger partial charge in [0.05, 0.1) is 17.3 Å². The first kappa shape index (κ1) is 14.5. The lowest BCUT2D eigenvalue weighted by atomic mass is 10.0. The predicted molar refractivity (Wildman–Crippen MR) is 74.7 cm³/mol. The van der Waals surface area contributed by atoms with E-state index in [2.05, 4.69) is 12.0 Å². The van der Waals surface area contributed by atoms with Gasteiger partial charge in [0.2, 0.25) is 0 Å². The molecule has 0 N–H and O–H groups in total. The first-order chi connectivity index (χ1) is 9.22. The number of ketones is 1. The van der Waals surface area contributed by atoms with Crippen molar-refractivity contribution in [3.8, 4) is 0 Å². The van der Waals surface area contributed by atoms with Crippen LogP contribution in [0.15, 0.2) is 6.20 Å². The first-order valence-corrected chi connectivity index (χ1v) is 7.46. The Morgan fingerprint density at radius 3 is 3.11 bits per heavy atom. The normalized spacial score (nSPS) is 19.6. The van der Waals surface area contributed by atoms with Gasteiger partial charge in [0.25, 0.3) is 0 Å².